The van der Waals surface area contributed by atoms with Crippen LogP contribution >= 0.6 is 0 Å². The second kappa shape index (κ2) is 7.91. The summed E-state index contributed by atoms with van der Waals surface area (Å²) >= 11 is 0. The molecule has 0 aromatic rings. The molecule has 2 unspecified atom stereocenters. The highest BCUT2D eigenvalue weighted by Crippen LogP contribution is 2.31. The van der Waals surface area contributed by atoms with Gasteiger partial charge in [-0.25, -0.2) is 4.79 Å². The summed E-state index contributed by atoms with van der Waals surface area (Å²) in [5.74, 6) is -2.28. The Morgan fingerprint density at radius 1 is 1.33 bits per heavy atom. The van der Waals surface area contributed by atoms with Crippen molar-refractivity contribution in [1.29, 1.82) is 5.41 Å². The van der Waals surface area contributed by atoms with Crippen LogP contribution in [0.1, 0.15) is 12.8 Å². The van der Waals surface area contributed by atoms with Crippen molar-refractivity contribution in [2.75, 3.05) is 32.8 Å². The van der Waals surface area contributed by atoms with Crippen molar-refractivity contribution in [2.45, 2.75) is 18.9 Å². The van der Waals surface area contributed by atoms with Crippen molar-refractivity contribution < 1.29 is 24.2 Å². The number of ketones is 1. The number of nitrogens with two attached hydrogens (primary N) is 1. The Hall–Kier alpha value is -2.68. The van der Waals surface area contributed by atoms with Gasteiger partial charge in [-0.05, 0) is 18.4 Å². The van der Waals surface area contributed by atoms with E-state index in [1.807, 2.05) is 17.2 Å². The molecule has 4 N–H and O–H groups in total. The molecule has 0 bridgehead atoms. The fraction of sp³-hybridized carbons (Fsp3) is 0.556. The van der Waals surface area contributed by atoms with Crippen molar-refractivity contribution >= 4 is 23.5 Å². The van der Waals surface area contributed by atoms with Gasteiger partial charge in [0.15, 0.2) is 5.78 Å². The highest BCUT2D eigenvalue weighted by molar-refractivity contribution is 6.07. The van der Waals surface area contributed by atoms with E-state index in [1.165, 1.54) is 0 Å². The zero-order valence-corrected chi connectivity index (χ0v) is 15.0. The molecule has 0 spiro atoms. The van der Waals surface area contributed by atoms with Crippen LogP contribution in [0, 0.1) is 17.2 Å². The van der Waals surface area contributed by atoms with Crippen LogP contribution in [0.2, 0.25) is 0 Å². The Labute approximate surface area is 156 Å². The summed E-state index contributed by atoms with van der Waals surface area (Å²) in [5.41, 5.74) is 6.33. The molecular weight excluding hydrogens is 352 g/mol. The predicted octanol–water partition coefficient (Wildman–Crippen LogP) is -0.415. The number of fused-ring (bicyclic) bond motifs is 1. The number of carbonyl (C=O) groups is 3. The summed E-state index contributed by atoms with van der Waals surface area (Å²) in [6.07, 6.45) is 6.38. The van der Waals surface area contributed by atoms with Gasteiger partial charge in [-0.15, -0.1) is 0 Å². The molecule has 9 heteroatoms. The van der Waals surface area contributed by atoms with Gasteiger partial charge in [0.05, 0.1) is 24.5 Å². The lowest BCUT2D eigenvalue weighted by atomic mass is 9.83. The van der Waals surface area contributed by atoms with Crippen LogP contribution in [0.15, 0.2) is 23.9 Å². The number of aliphatic carboxylic acids is 1. The van der Waals surface area contributed by atoms with Crippen LogP contribution in [0.5, 0.6) is 0 Å². The minimum Gasteiger partial charge on any atom is -0.480 e. The number of amides is 1. The van der Waals surface area contributed by atoms with Crippen molar-refractivity contribution in [1.82, 2.24) is 9.80 Å². The normalized spacial score (nSPS) is 25.3. The van der Waals surface area contributed by atoms with E-state index < -0.39 is 11.9 Å². The summed E-state index contributed by atoms with van der Waals surface area (Å²) in [4.78, 5) is 39.1. The molecule has 1 fully saturated rings. The molecule has 27 heavy (non-hydrogen) atoms. The molecule has 1 saturated heterocycles. The number of likely N-dealkylation sites (tertiary alicyclic amines) is 1. The van der Waals surface area contributed by atoms with E-state index in [9.17, 15) is 14.4 Å². The minimum absolute atomic E-state index is 0.0262. The number of carboxylic acid groups (broad SMARTS) is 1. The third-order valence-electron chi connectivity index (χ3n) is 5.19. The third-order valence-corrected chi connectivity index (χ3v) is 5.19. The maximum atomic E-state index is 12.5. The number of piperidine rings is 1. The molecule has 2 atom stereocenters. The van der Waals surface area contributed by atoms with Gasteiger partial charge in [-0.1, -0.05) is 12.2 Å². The lowest BCUT2D eigenvalue weighted by molar-refractivity contribution is -0.147. The highest BCUT2D eigenvalue weighted by Gasteiger charge is 2.37. The molecule has 3 rings (SSSR count). The van der Waals surface area contributed by atoms with Crippen molar-refractivity contribution in [3.8, 4) is 0 Å². The summed E-state index contributed by atoms with van der Waals surface area (Å²) in [6, 6.07) is 0. The molecule has 0 saturated carbocycles. The molecule has 0 aromatic carbocycles. The van der Waals surface area contributed by atoms with Gasteiger partial charge in [0.25, 0.3) is 0 Å². The van der Waals surface area contributed by atoms with Crippen molar-refractivity contribution in [3.05, 3.63) is 23.9 Å². The van der Waals surface area contributed by atoms with Gasteiger partial charge in [-0.2, -0.15) is 0 Å². The van der Waals surface area contributed by atoms with Crippen LogP contribution in [-0.2, 0) is 19.1 Å². The first-order valence-corrected chi connectivity index (χ1v) is 8.98. The summed E-state index contributed by atoms with van der Waals surface area (Å²) < 4.78 is 5.28. The van der Waals surface area contributed by atoms with Gasteiger partial charge in [0, 0.05) is 25.8 Å². The number of carbonyl (C=O) groups excluding carboxylic acids is 2. The minimum atomic E-state index is -0.993. The van der Waals surface area contributed by atoms with Crippen molar-refractivity contribution in [3.63, 3.8) is 0 Å². The Kier molecular flexibility index (Phi) is 5.59. The molecule has 0 radical (unpaired) electrons. The number of Topliss-reactive ketones (excluding diaryl/α,β-unsaturated/α-hetero) is 1. The number of hydrogen-bond donors (Lipinski definition) is 3. The van der Waals surface area contributed by atoms with E-state index in [1.54, 1.807) is 11.0 Å². The number of hydrogen-bond acceptors (Lipinski definition) is 6. The van der Waals surface area contributed by atoms with Crippen LogP contribution < -0.4 is 5.73 Å². The molecule has 146 valence electrons. The van der Waals surface area contributed by atoms with Crippen molar-refractivity contribution in [2.24, 2.45) is 17.6 Å². The van der Waals surface area contributed by atoms with E-state index >= 15 is 0 Å². The van der Waals surface area contributed by atoms with E-state index in [0.29, 0.717) is 32.5 Å². The number of amidine groups is 1. The smallest absolute Gasteiger partial charge is 0.329 e. The number of nitrogens with zero attached hydrogens (tertiary/aromatic N) is 2. The lowest BCUT2D eigenvalue weighted by Crippen LogP contribution is -2.45. The van der Waals surface area contributed by atoms with E-state index in [0.717, 1.165) is 5.57 Å². The standard InChI is InChI=1S/C18H24N4O5/c19-18(20)13-2-1-11-7-21(8-14(11)17(13)26)9-15(23)22-5-3-12(4-6-22)27-10-16(24)25/h1-2,7,12-14H,3-6,8-10H2,(H3,19,20)(H,24,25). The number of nitrogens with one attached hydrogen (secondary N) is 1. The largest absolute Gasteiger partial charge is 0.480 e. The zero-order chi connectivity index (χ0) is 19.6. The highest BCUT2D eigenvalue weighted by atomic mass is 16.5. The Bertz CT molecular complexity index is 709. The predicted molar refractivity (Wildman–Crippen MR) is 95.9 cm³/mol. The van der Waals surface area contributed by atoms with Gasteiger partial charge < -0.3 is 25.4 Å². The fourth-order valence-corrected chi connectivity index (χ4v) is 3.73. The van der Waals surface area contributed by atoms with Gasteiger partial charge in [-0.3, -0.25) is 15.0 Å². The first kappa shape index (κ1) is 19.1. The summed E-state index contributed by atoms with van der Waals surface area (Å²) in [6.45, 7) is 1.35. The average Bonchev–Trinajstić information content (AvgIpc) is 3.03. The summed E-state index contributed by atoms with van der Waals surface area (Å²) in [5, 5.41) is 16.2. The average molecular weight is 376 g/mol. The molecular formula is C18H24N4O5. The molecule has 2 aliphatic heterocycles. The number of ether oxygens (including phenoxy) is 1. The molecule has 3 aliphatic rings. The number of rotatable bonds is 6. The van der Waals surface area contributed by atoms with E-state index in [2.05, 4.69) is 0 Å². The molecule has 0 aromatic heterocycles. The second-order valence-electron chi connectivity index (χ2n) is 7.09. The maximum absolute atomic E-state index is 12.5. The maximum Gasteiger partial charge on any atom is 0.329 e. The lowest BCUT2D eigenvalue weighted by Gasteiger charge is -2.32. The van der Waals surface area contributed by atoms with Gasteiger partial charge >= 0.3 is 5.97 Å². The third kappa shape index (κ3) is 4.36. The van der Waals surface area contributed by atoms with Crippen LogP contribution in [0.3, 0.4) is 0 Å². The van der Waals surface area contributed by atoms with E-state index in [-0.39, 0.29) is 42.7 Å². The first-order valence-electron chi connectivity index (χ1n) is 8.98. The Balaban J connectivity index is 1.49. The zero-order valence-electron chi connectivity index (χ0n) is 15.0. The van der Waals surface area contributed by atoms with Crippen LogP contribution in [0.4, 0.5) is 0 Å². The monoisotopic (exact) mass is 376 g/mol. The topological polar surface area (TPSA) is 137 Å². The summed E-state index contributed by atoms with van der Waals surface area (Å²) in [7, 11) is 0. The fourth-order valence-electron chi connectivity index (χ4n) is 3.73. The second-order valence-corrected chi connectivity index (χ2v) is 7.09. The number of carboxylic acids is 1. The van der Waals surface area contributed by atoms with E-state index in [4.69, 9.17) is 21.0 Å². The van der Waals surface area contributed by atoms with Crippen LogP contribution in [-0.4, -0.2) is 77.3 Å². The number of allylic oxidation sites excluding steroid dienone is 1. The molecule has 2 heterocycles. The molecule has 1 aliphatic carbocycles. The first-order chi connectivity index (χ1) is 12.8. The SMILES string of the molecule is N=C(N)C1C=CC2=CN(CC(=O)N3CCC(OCC(=O)O)CC3)CC2C1=O. The van der Waals surface area contributed by atoms with Gasteiger partial charge in [0.1, 0.15) is 12.4 Å². The van der Waals surface area contributed by atoms with Gasteiger partial charge in [0.2, 0.25) is 5.91 Å². The molecule has 9 nitrogen and oxygen atoms in total. The van der Waals surface area contributed by atoms with Crippen LogP contribution in [0.25, 0.3) is 0 Å². The Morgan fingerprint density at radius 2 is 2.04 bits per heavy atom. The molecule has 1 amide bonds. The Morgan fingerprint density at radius 3 is 2.67 bits per heavy atom. The quantitative estimate of drug-likeness (QED) is 0.423.